The Bertz CT molecular complexity index is 1510. The molecule has 9 nitrogen and oxygen atoms in total. The van der Waals surface area contributed by atoms with Crippen molar-refractivity contribution in [2.24, 2.45) is 0 Å². The maximum absolute atomic E-state index is 15.3. The molecule has 2 aliphatic heterocycles. The number of para-hydroxylation sites is 2. The molecule has 232 valence electrons. The first kappa shape index (κ1) is 30.2. The third kappa shape index (κ3) is 4.76. The molecule has 2 saturated carbocycles. The Morgan fingerprint density at radius 2 is 1.48 bits per heavy atom. The number of Topliss-reactive ketones (excluding diaryl/α,β-unsaturated/α-hetero) is 1. The van der Waals surface area contributed by atoms with Gasteiger partial charge in [-0.3, -0.25) is 29.1 Å². The quantitative estimate of drug-likeness (QED) is 0.284. The summed E-state index contributed by atoms with van der Waals surface area (Å²) in [6, 6.07) is 11.1. The number of carbonyl (C=O) groups is 4. The standard InChI is InChI=1S/C34H39ClN4O5/c1-21(2)36-29-28(30(41)22-17-19-23(35)20-18-22)34(39(31(29)42)26-15-9-10-16-27(26)40)32(43)37(24-11-5-3-6-12-24)33(44)38(34)25-13-7-4-8-14-25/h9-10,15-21,24-25,36,40H,3-8,11-14H2,1-2H3. The summed E-state index contributed by atoms with van der Waals surface area (Å²) in [5, 5.41) is 14.8. The molecule has 2 heterocycles. The number of hydrogen-bond acceptors (Lipinski definition) is 6. The van der Waals surface area contributed by atoms with E-state index in [1.807, 2.05) is 13.8 Å². The van der Waals surface area contributed by atoms with Crippen molar-refractivity contribution in [3.8, 4) is 5.75 Å². The molecule has 1 atom stereocenters. The largest absolute Gasteiger partial charge is 0.506 e. The molecule has 2 N–H and O–H groups in total. The Labute approximate surface area is 262 Å². The van der Waals surface area contributed by atoms with Gasteiger partial charge in [-0.25, -0.2) is 4.79 Å². The summed E-state index contributed by atoms with van der Waals surface area (Å²) in [5.41, 5.74) is -1.97. The van der Waals surface area contributed by atoms with E-state index in [-0.39, 0.29) is 46.4 Å². The fraction of sp³-hybridized carbons (Fsp3) is 0.471. The molecule has 1 saturated heterocycles. The number of ketones is 1. The highest BCUT2D eigenvalue weighted by molar-refractivity contribution is 6.32. The lowest BCUT2D eigenvalue weighted by Crippen LogP contribution is -2.65. The molecule has 4 aliphatic rings. The molecule has 0 bridgehead atoms. The van der Waals surface area contributed by atoms with Crippen molar-refractivity contribution in [2.75, 3.05) is 4.90 Å². The molecule has 44 heavy (non-hydrogen) atoms. The van der Waals surface area contributed by atoms with Crippen molar-refractivity contribution < 1.29 is 24.3 Å². The van der Waals surface area contributed by atoms with Crippen LogP contribution in [0.1, 0.15) is 88.4 Å². The Balaban J connectivity index is 1.67. The number of phenolic OH excluding ortho intramolecular Hbond substituents is 1. The number of phenols is 1. The number of benzene rings is 2. The molecule has 2 aromatic carbocycles. The van der Waals surface area contributed by atoms with Crippen LogP contribution in [0.2, 0.25) is 5.02 Å². The van der Waals surface area contributed by atoms with Gasteiger partial charge in [0.15, 0.2) is 5.78 Å². The fourth-order valence-electron chi connectivity index (χ4n) is 7.49. The van der Waals surface area contributed by atoms with Gasteiger partial charge in [-0.2, -0.15) is 0 Å². The molecule has 10 heteroatoms. The van der Waals surface area contributed by atoms with Crippen molar-refractivity contribution in [1.29, 1.82) is 0 Å². The minimum absolute atomic E-state index is 0.0457. The first-order valence-corrected chi connectivity index (χ1v) is 16.2. The minimum Gasteiger partial charge on any atom is -0.506 e. The smallest absolute Gasteiger partial charge is 0.329 e. The summed E-state index contributed by atoms with van der Waals surface area (Å²) in [4.78, 5) is 63.7. The third-order valence-electron chi connectivity index (χ3n) is 9.39. The number of aromatic hydroxyl groups is 1. The number of amides is 4. The number of nitrogens with zero attached hydrogens (tertiary/aromatic N) is 3. The van der Waals surface area contributed by atoms with Crippen LogP contribution in [0.25, 0.3) is 0 Å². The number of anilines is 1. The monoisotopic (exact) mass is 618 g/mol. The van der Waals surface area contributed by atoms with E-state index < -0.39 is 29.3 Å². The lowest BCUT2D eigenvalue weighted by atomic mass is 9.86. The van der Waals surface area contributed by atoms with Crippen LogP contribution in [0.15, 0.2) is 59.8 Å². The van der Waals surface area contributed by atoms with E-state index in [0.717, 1.165) is 38.5 Å². The number of hydrogen-bond donors (Lipinski definition) is 2. The SMILES string of the molecule is CC(C)NC1=C(C(=O)c2ccc(Cl)cc2)C2(C(=O)N(C3CCCCC3)C(=O)N2C2CCCCC2)N(c2ccccc2O)C1=O. The molecule has 1 unspecified atom stereocenters. The van der Waals surface area contributed by atoms with E-state index in [0.29, 0.717) is 30.7 Å². The van der Waals surface area contributed by atoms with Crippen LogP contribution in [-0.2, 0) is 9.59 Å². The molecule has 4 amide bonds. The highest BCUT2D eigenvalue weighted by atomic mass is 35.5. The van der Waals surface area contributed by atoms with Crippen molar-refractivity contribution in [3.63, 3.8) is 0 Å². The van der Waals surface area contributed by atoms with Crippen LogP contribution in [0, 0.1) is 0 Å². The average molecular weight is 619 g/mol. The van der Waals surface area contributed by atoms with Crippen molar-refractivity contribution in [1.82, 2.24) is 15.1 Å². The lowest BCUT2D eigenvalue weighted by molar-refractivity contribution is -0.135. The van der Waals surface area contributed by atoms with E-state index in [2.05, 4.69) is 5.32 Å². The van der Waals surface area contributed by atoms with Gasteiger partial charge < -0.3 is 10.4 Å². The molecular formula is C34H39ClN4O5. The van der Waals surface area contributed by atoms with Crippen LogP contribution in [0.5, 0.6) is 5.75 Å². The van der Waals surface area contributed by atoms with Crippen molar-refractivity contribution in [3.05, 3.63) is 70.4 Å². The molecule has 6 rings (SSSR count). The maximum Gasteiger partial charge on any atom is 0.329 e. The van der Waals surface area contributed by atoms with Gasteiger partial charge in [0.05, 0.1) is 11.3 Å². The van der Waals surface area contributed by atoms with Gasteiger partial charge >= 0.3 is 6.03 Å². The van der Waals surface area contributed by atoms with Gasteiger partial charge in [0.2, 0.25) is 5.66 Å². The van der Waals surface area contributed by atoms with E-state index in [1.165, 1.54) is 20.8 Å². The first-order valence-electron chi connectivity index (χ1n) is 15.8. The predicted molar refractivity (Wildman–Crippen MR) is 167 cm³/mol. The van der Waals surface area contributed by atoms with Crippen LogP contribution in [0.4, 0.5) is 10.5 Å². The summed E-state index contributed by atoms with van der Waals surface area (Å²) in [6.45, 7) is 3.68. The van der Waals surface area contributed by atoms with Gasteiger partial charge in [0.1, 0.15) is 11.4 Å². The first-order chi connectivity index (χ1) is 21.2. The van der Waals surface area contributed by atoms with E-state index in [1.54, 1.807) is 42.5 Å². The van der Waals surface area contributed by atoms with Crippen molar-refractivity contribution >= 4 is 40.9 Å². The van der Waals surface area contributed by atoms with E-state index >= 15 is 4.79 Å². The number of rotatable bonds is 7. The zero-order valence-electron chi connectivity index (χ0n) is 25.2. The normalized spacial score (nSPS) is 23.5. The van der Waals surface area contributed by atoms with Gasteiger partial charge in [0, 0.05) is 28.7 Å². The molecule has 0 aromatic heterocycles. The summed E-state index contributed by atoms with van der Waals surface area (Å²) >= 11 is 6.17. The van der Waals surface area contributed by atoms with E-state index in [4.69, 9.17) is 11.6 Å². The number of carbonyl (C=O) groups excluding carboxylic acids is 4. The molecule has 0 radical (unpaired) electrons. The Hall–Kier alpha value is -3.85. The zero-order valence-corrected chi connectivity index (χ0v) is 26.0. The van der Waals surface area contributed by atoms with Gasteiger partial charge in [-0.1, -0.05) is 62.3 Å². The highest BCUT2D eigenvalue weighted by Gasteiger charge is 2.72. The predicted octanol–water partition coefficient (Wildman–Crippen LogP) is 6.15. The lowest BCUT2D eigenvalue weighted by Gasteiger charge is -2.45. The second-order valence-electron chi connectivity index (χ2n) is 12.6. The van der Waals surface area contributed by atoms with Gasteiger partial charge in [-0.05, 0) is 75.9 Å². The topological polar surface area (TPSA) is 110 Å². The second kappa shape index (κ2) is 11.9. The average Bonchev–Trinajstić information content (AvgIpc) is 3.39. The molecule has 1 spiro atoms. The fourth-order valence-corrected chi connectivity index (χ4v) is 7.62. The summed E-state index contributed by atoms with van der Waals surface area (Å²) in [6.07, 6.45) is 8.10. The van der Waals surface area contributed by atoms with Crippen LogP contribution in [0.3, 0.4) is 0 Å². The summed E-state index contributed by atoms with van der Waals surface area (Å²) in [7, 11) is 0. The molecular weight excluding hydrogens is 580 g/mol. The van der Waals surface area contributed by atoms with Crippen LogP contribution < -0.4 is 10.2 Å². The second-order valence-corrected chi connectivity index (χ2v) is 13.0. The number of halogens is 1. The number of urea groups is 1. The summed E-state index contributed by atoms with van der Waals surface area (Å²) < 4.78 is 0. The van der Waals surface area contributed by atoms with Crippen molar-refractivity contribution in [2.45, 2.75) is 102 Å². The number of imide groups is 1. The Morgan fingerprint density at radius 1 is 0.886 bits per heavy atom. The van der Waals surface area contributed by atoms with Crippen LogP contribution >= 0.6 is 11.6 Å². The molecule has 2 aromatic rings. The highest BCUT2D eigenvalue weighted by Crippen LogP contribution is 2.52. The maximum atomic E-state index is 15.3. The van der Waals surface area contributed by atoms with E-state index in [9.17, 15) is 19.5 Å². The Kier molecular flexibility index (Phi) is 8.18. The Morgan fingerprint density at radius 3 is 2.07 bits per heavy atom. The molecule has 2 aliphatic carbocycles. The minimum atomic E-state index is -2.12. The zero-order chi connectivity index (χ0) is 31.2. The third-order valence-corrected chi connectivity index (χ3v) is 9.64. The van der Waals surface area contributed by atoms with Gasteiger partial charge in [0.25, 0.3) is 11.8 Å². The molecule has 3 fully saturated rings. The number of nitrogens with one attached hydrogen (secondary N) is 1. The summed E-state index contributed by atoms with van der Waals surface area (Å²) in [5.74, 6) is -2.05. The van der Waals surface area contributed by atoms with Crippen LogP contribution in [-0.4, -0.2) is 62.3 Å². The van der Waals surface area contributed by atoms with Gasteiger partial charge in [-0.15, -0.1) is 0 Å².